The minimum Gasteiger partial charge on any atom is -0.330 e. The number of hydrogen-bond acceptors (Lipinski definition) is 2. The molecule has 0 fully saturated rings. The molecule has 0 radical (unpaired) electrons. The van der Waals surface area contributed by atoms with Crippen LogP contribution in [0.5, 0.6) is 0 Å². The van der Waals surface area contributed by atoms with E-state index in [4.69, 9.17) is 25.0 Å². The number of nitrogens with two attached hydrogens (primary N) is 1. The molecule has 0 atom stereocenters. The van der Waals surface area contributed by atoms with E-state index in [-0.39, 0.29) is 0 Å². The highest BCUT2D eigenvalue weighted by atomic mass is 31.2. The number of allylic oxidation sites excluding steroid dienone is 1. The molecule has 0 saturated carbocycles. The van der Waals surface area contributed by atoms with Gasteiger partial charge in [0, 0.05) is 0 Å². The van der Waals surface area contributed by atoms with Gasteiger partial charge in [-0.25, -0.2) is 4.57 Å². The maximum Gasteiger partial charge on any atom is 0.466 e. The van der Waals surface area contributed by atoms with Crippen molar-refractivity contribution in [2.45, 2.75) is 12.8 Å². The largest absolute Gasteiger partial charge is 0.466 e. The zero-order valence-corrected chi connectivity index (χ0v) is 10.4. The van der Waals surface area contributed by atoms with Crippen molar-refractivity contribution < 1.29 is 19.2 Å². The highest BCUT2D eigenvalue weighted by Crippen LogP contribution is 2.25. The van der Waals surface area contributed by atoms with Crippen LogP contribution in [-0.2, 0) is 17.4 Å². The third-order valence-corrected chi connectivity index (χ3v) is 1.80. The zero-order valence-electron chi connectivity index (χ0n) is 9.49. The normalized spacial score (nSPS) is 10.4. The van der Waals surface area contributed by atoms with E-state index in [0.29, 0.717) is 0 Å². The standard InChI is InChI=1S/C11H15N.H3O4P/c1-2-4-10-5-3-6-11(9-10)7-8-12;1-5(2,3)4/h2-3,5-6,9H,1,4,7-8,12H2;(H3,1,2,3,4). The van der Waals surface area contributed by atoms with Crippen molar-refractivity contribution in [3.05, 3.63) is 48.0 Å². The first-order chi connectivity index (χ1) is 7.86. The van der Waals surface area contributed by atoms with Crippen molar-refractivity contribution >= 4 is 7.82 Å². The van der Waals surface area contributed by atoms with E-state index in [9.17, 15) is 0 Å². The Morgan fingerprint density at radius 2 is 1.82 bits per heavy atom. The molecular formula is C11H18NO4P. The van der Waals surface area contributed by atoms with E-state index in [1.165, 1.54) is 11.1 Å². The van der Waals surface area contributed by atoms with Crippen molar-refractivity contribution in [1.82, 2.24) is 0 Å². The van der Waals surface area contributed by atoms with Crippen molar-refractivity contribution in [2.24, 2.45) is 5.73 Å². The van der Waals surface area contributed by atoms with E-state index in [2.05, 4.69) is 30.8 Å². The molecule has 0 saturated heterocycles. The fourth-order valence-corrected chi connectivity index (χ4v) is 1.25. The van der Waals surface area contributed by atoms with Gasteiger partial charge >= 0.3 is 7.82 Å². The lowest BCUT2D eigenvalue weighted by Gasteiger charge is -2.01. The summed E-state index contributed by atoms with van der Waals surface area (Å²) >= 11 is 0. The van der Waals surface area contributed by atoms with Crippen LogP contribution >= 0.6 is 7.82 Å². The molecule has 1 aromatic rings. The fourth-order valence-electron chi connectivity index (χ4n) is 1.25. The first-order valence-electron chi connectivity index (χ1n) is 5.04. The van der Waals surface area contributed by atoms with E-state index in [1.807, 2.05) is 6.08 Å². The number of rotatable bonds is 4. The highest BCUT2D eigenvalue weighted by molar-refractivity contribution is 7.45. The van der Waals surface area contributed by atoms with E-state index in [0.717, 1.165) is 19.4 Å². The van der Waals surface area contributed by atoms with Gasteiger partial charge in [0.2, 0.25) is 0 Å². The van der Waals surface area contributed by atoms with Gasteiger partial charge < -0.3 is 20.4 Å². The molecule has 6 heteroatoms. The van der Waals surface area contributed by atoms with Gasteiger partial charge in [-0.1, -0.05) is 30.3 Å². The molecule has 0 amide bonds. The van der Waals surface area contributed by atoms with E-state index < -0.39 is 7.82 Å². The third-order valence-electron chi connectivity index (χ3n) is 1.80. The molecule has 0 unspecified atom stereocenters. The van der Waals surface area contributed by atoms with Gasteiger partial charge in [-0.3, -0.25) is 0 Å². The van der Waals surface area contributed by atoms with Gasteiger partial charge in [0.1, 0.15) is 0 Å². The lowest BCUT2D eigenvalue weighted by molar-refractivity contribution is 0.275. The monoisotopic (exact) mass is 259 g/mol. The van der Waals surface area contributed by atoms with Gasteiger partial charge in [-0.15, -0.1) is 6.58 Å². The minimum atomic E-state index is -4.64. The Labute approximate surface area is 101 Å². The van der Waals surface area contributed by atoms with Crippen molar-refractivity contribution in [1.29, 1.82) is 0 Å². The Morgan fingerprint density at radius 3 is 2.29 bits per heavy atom. The highest BCUT2D eigenvalue weighted by Gasteiger charge is 2.00. The molecule has 0 aliphatic carbocycles. The first-order valence-corrected chi connectivity index (χ1v) is 6.60. The second kappa shape index (κ2) is 8.17. The average molecular weight is 259 g/mol. The van der Waals surface area contributed by atoms with Crippen LogP contribution in [0.3, 0.4) is 0 Å². The lowest BCUT2D eigenvalue weighted by Crippen LogP contribution is -2.02. The summed E-state index contributed by atoms with van der Waals surface area (Å²) in [7, 11) is -4.64. The van der Waals surface area contributed by atoms with Crippen LogP contribution in [0.4, 0.5) is 0 Å². The smallest absolute Gasteiger partial charge is 0.330 e. The molecule has 0 aromatic heterocycles. The summed E-state index contributed by atoms with van der Waals surface area (Å²) in [5.74, 6) is 0. The number of phosphoric acid groups is 1. The second-order valence-electron chi connectivity index (χ2n) is 3.36. The van der Waals surface area contributed by atoms with Crippen LogP contribution in [0.15, 0.2) is 36.9 Å². The number of benzene rings is 1. The summed E-state index contributed by atoms with van der Waals surface area (Å²) < 4.78 is 8.88. The van der Waals surface area contributed by atoms with Crippen LogP contribution in [-0.4, -0.2) is 21.2 Å². The van der Waals surface area contributed by atoms with Gasteiger partial charge in [0.05, 0.1) is 0 Å². The van der Waals surface area contributed by atoms with Crippen molar-refractivity contribution in [2.75, 3.05) is 6.54 Å². The van der Waals surface area contributed by atoms with Crippen LogP contribution in [0, 0.1) is 0 Å². The van der Waals surface area contributed by atoms with Crippen molar-refractivity contribution in [3.8, 4) is 0 Å². The molecule has 0 heterocycles. The molecule has 1 rings (SSSR count). The maximum absolute atomic E-state index is 8.88. The fraction of sp³-hybridized carbons (Fsp3) is 0.273. The SMILES string of the molecule is C=CCc1cccc(CCN)c1.O=P(O)(O)O. The lowest BCUT2D eigenvalue weighted by atomic mass is 10.1. The van der Waals surface area contributed by atoms with Gasteiger partial charge in [-0.05, 0) is 30.5 Å². The van der Waals surface area contributed by atoms with Gasteiger partial charge in [0.15, 0.2) is 0 Å². The van der Waals surface area contributed by atoms with Crippen molar-refractivity contribution in [3.63, 3.8) is 0 Å². The summed E-state index contributed by atoms with van der Waals surface area (Å²) in [6.45, 7) is 4.43. The molecule has 5 nitrogen and oxygen atoms in total. The summed E-state index contributed by atoms with van der Waals surface area (Å²) in [5, 5.41) is 0. The predicted molar refractivity (Wildman–Crippen MR) is 67.4 cm³/mol. The Balaban J connectivity index is 0.000000437. The molecular weight excluding hydrogens is 241 g/mol. The molecule has 0 spiro atoms. The minimum absolute atomic E-state index is 0.720. The average Bonchev–Trinajstić information content (AvgIpc) is 2.16. The molecule has 0 bridgehead atoms. The van der Waals surface area contributed by atoms with Crippen LogP contribution < -0.4 is 5.73 Å². The van der Waals surface area contributed by atoms with Gasteiger partial charge in [0.25, 0.3) is 0 Å². The second-order valence-corrected chi connectivity index (χ2v) is 4.39. The van der Waals surface area contributed by atoms with Crippen LogP contribution in [0.1, 0.15) is 11.1 Å². The predicted octanol–water partition coefficient (Wildman–Crippen LogP) is 0.988. The Hall–Kier alpha value is -0.970. The van der Waals surface area contributed by atoms with Crippen LogP contribution in [0.25, 0.3) is 0 Å². The molecule has 5 N–H and O–H groups in total. The first kappa shape index (κ1) is 16.0. The Bertz CT molecular complexity index is 381. The molecule has 96 valence electrons. The number of hydrogen-bond donors (Lipinski definition) is 4. The topological polar surface area (TPSA) is 104 Å². The molecule has 0 aliphatic heterocycles. The summed E-state index contributed by atoms with van der Waals surface area (Å²) in [5.41, 5.74) is 8.10. The molecule has 17 heavy (non-hydrogen) atoms. The van der Waals surface area contributed by atoms with E-state index in [1.54, 1.807) is 0 Å². The molecule has 1 aromatic carbocycles. The zero-order chi connectivity index (χ0) is 13.3. The third kappa shape index (κ3) is 11.3. The van der Waals surface area contributed by atoms with E-state index >= 15 is 0 Å². The summed E-state index contributed by atoms with van der Waals surface area (Å²) in [4.78, 5) is 21.6. The quantitative estimate of drug-likeness (QED) is 0.477. The van der Waals surface area contributed by atoms with Crippen LogP contribution in [0.2, 0.25) is 0 Å². The summed E-state index contributed by atoms with van der Waals surface area (Å²) in [6, 6.07) is 8.49. The summed E-state index contributed by atoms with van der Waals surface area (Å²) in [6.07, 6.45) is 3.82. The Morgan fingerprint density at radius 1 is 1.29 bits per heavy atom. The van der Waals surface area contributed by atoms with Gasteiger partial charge in [-0.2, -0.15) is 0 Å². The molecule has 0 aliphatic rings. The Kier molecular flexibility index (Phi) is 7.70. The maximum atomic E-state index is 8.88.